The minimum atomic E-state index is 0.0321. The number of piperidine rings is 1. The highest BCUT2D eigenvalue weighted by molar-refractivity contribution is 5.96. The topological polar surface area (TPSA) is 53.9 Å². The highest BCUT2D eigenvalue weighted by Crippen LogP contribution is 2.11. The summed E-state index contributed by atoms with van der Waals surface area (Å²) in [6.45, 7) is 10.3. The molecule has 24 heavy (non-hydrogen) atoms. The standard InChI is InChI=1S/C19H29N3O2/c1-4-22(5-2)19(24)16-8-10-17(11-9-16)20-18(23)14-21-12-6-7-15(3)13-21/h8-11,15H,4-7,12-14H2,1-3H3,(H,20,23)/p+1/t15-/m1/s1. The molecule has 1 aromatic carbocycles. The van der Waals surface area contributed by atoms with Gasteiger partial charge >= 0.3 is 0 Å². The van der Waals surface area contributed by atoms with Gasteiger partial charge in [0.2, 0.25) is 0 Å². The van der Waals surface area contributed by atoms with Crippen molar-refractivity contribution >= 4 is 17.5 Å². The molecule has 2 rings (SSSR count). The van der Waals surface area contributed by atoms with Gasteiger partial charge in [0.1, 0.15) is 0 Å². The number of quaternary nitrogens is 1. The van der Waals surface area contributed by atoms with Gasteiger partial charge in [-0.2, -0.15) is 0 Å². The fraction of sp³-hybridized carbons (Fsp3) is 0.579. The summed E-state index contributed by atoms with van der Waals surface area (Å²) < 4.78 is 0. The Hall–Kier alpha value is -1.88. The number of nitrogens with one attached hydrogen (secondary N) is 2. The second-order valence-corrected chi connectivity index (χ2v) is 6.73. The molecule has 0 radical (unpaired) electrons. The van der Waals surface area contributed by atoms with E-state index in [0.717, 1.165) is 18.8 Å². The van der Waals surface area contributed by atoms with Gasteiger partial charge in [0.25, 0.3) is 11.8 Å². The van der Waals surface area contributed by atoms with Crippen molar-refractivity contribution in [3.05, 3.63) is 29.8 Å². The molecule has 1 unspecified atom stereocenters. The molecule has 0 spiro atoms. The molecular formula is C19H30N3O2+. The van der Waals surface area contributed by atoms with E-state index in [2.05, 4.69) is 12.2 Å². The molecule has 5 nitrogen and oxygen atoms in total. The first kappa shape index (κ1) is 18.5. The van der Waals surface area contributed by atoms with E-state index in [-0.39, 0.29) is 11.8 Å². The van der Waals surface area contributed by atoms with E-state index in [1.807, 2.05) is 26.0 Å². The van der Waals surface area contributed by atoms with Crippen LogP contribution in [0.4, 0.5) is 5.69 Å². The summed E-state index contributed by atoms with van der Waals surface area (Å²) in [6.07, 6.45) is 2.47. The Balaban J connectivity index is 1.89. The zero-order chi connectivity index (χ0) is 17.5. The van der Waals surface area contributed by atoms with Crippen LogP contribution in [0, 0.1) is 5.92 Å². The van der Waals surface area contributed by atoms with Crippen LogP contribution >= 0.6 is 0 Å². The Morgan fingerprint density at radius 3 is 2.46 bits per heavy atom. The van der Waals surface area contributed by atoms with Crippen molar-refractivity contribution in [1.29, 1.82) is 0 Å². The van der Waals surface area contributed by atoms with Crippen molar-refractivity contribution in [2.75, 3.05) is 38.0 Å². The lowest BCUT2D eigenvalue weighted by Gasteiger charge is -2.27. The molecule has 1 saturated heterocycles. The number of benzene rings is 1. The first-order valence-corrected chi connectivity index (χ1v) is 9.06. The number of hydrogen-bond acceptors (Lipinski definition) is 2. The average Bonchev–Trinajstić information content (AvgIpc) is 2.56. The monoisotopic (exact) mass is 332 g/mol. The van der Waals surface area contributed by atoms with Gasteiger partial charge in [-0.3, -0.25) is 9.59 Å². The predicted octanol–water partition coefficient (Wildman–Crippen LogP) is 1.42. The SMILES string of the molecule is CCN(CC)C(=O)c1ccc(NC(=O)C[NH+]2CCC[C@@H](C)C2)cc1. The van der Waals surface area contributed by atoms with Gasteiger partial charge in [-0.25, -0.2) is 0 Å². The summed E-state index contributed by atoms with van der Waals surface area (Å²) in [6, 6.07) is 7.18. The minimum Gasteiger partial charge on any atom is -0.339 e. The maximum Gasteiger partial charge on any atom is 0.279 e. The lowest BCUT2D eigenvalue weighted by molar-refractivity contribution is -0.900. The number of carbonyl (C=O) groups is 2. The van der Waals surface area contributed by atoms with Crippen LogP contribution < -0.4 is 10.2 Å². The van der Waals surface area contributed by atoms with Crippen LogP contribution in [0.15, 0.2) is 24.3 Å². The first-order valence-electron chi connectivity index (χ1n) is 9.06. The summed E-state index contributed by atoms with van der Waals surface area (Å²) in [5.74, 6) is 0.776. The molecule has 2 N–H and O–H groups in total. The van der Waals surface area contributed by atoms with Gasteiger partial charge in [-0.05, 0) is 51.0 Å². The lowest BCUT2D eigenvalue weighted by atomic mass is 10.0. The van der Waals surface area contributed by atoms with Crippen LogP contribution in [0.5, 0.6) is 0 Å². The van der Waals surface area contributed by atoms with Crippen LogP contribution in [0.25, 0.3) is 0 Å². The van der Waals surface area contributed by atoms with Crippen LogP contribution in [0.2, 0.25) is 0 Å². The summed E-state index contributed by atoms with van der Waals surface area (Å²) >= 11 is 0. The fourth-order valence-corrected chi connectivity index (χ4v) is 3.38. The number of nitrogens with zero attached hydrogens (tertiary/aromatic N) is 1. The second kappa shape index (κ2) is 8.83. The van der Waals surface area contributed by atoms with Crippen molar-refractivity contribution in [2.45, 2.75) is 33.6 Å². The van der Waals surface area contributed by atoms with Gasteiger partial charge in [0.15, 0.2) is 6.54 Å². The molecule has 0 aromatic heterocycles. The highest BCUT2D eigenvalue weighted by atomic mass is 16.2. The smallest absolute Gasteiger partial charge is 0.279 e. The Bertz CT molecular complexity index is 552. The molecule has 2 atom stereocenters. The van der Waals surface area contributed by atoms with Gasteiger partial charge in [-0.1, -0.05) is 6.92 Å². The Labute approximate surface area is 145 Å². The summed E-state index contributed by atoms with van der Waals surface area (Å²) in [4.78, 5) is 27.6. The Morgan fingerprint density at radius 1 is 1.21 bits per heavy atom. The minimum absolute atomic E-state index is 0.0321. The van der Waals surface area contributed by atoms with E-state index in [1.165, 1.54) is 17.7 Å². The molecule has 1 fully saturated rings. The van der Waals surface area contributed by atoms with E-state index in [0.29, 0.717) is 31.1 Å². The van der Waals surface area contributed by atoms with Crippen molar-refractivity contribution in [1.82, 2.24) is 4.90 Å². The largest absolute Gasteiger partial charge is 0.339 e. The molecule has 132 valence electrons. The summed E-state index contributed by atoms with van der Waals surface area (Å²) in [7, 11) is 0. The Morgan fingerprint density at radius 2 is 1.88 bits per heavy atom. The summed E-state index contributed by atoms with van der Waals surface area (Å²) in [5.41, 5.74) is 1.41. The number of anilines is 1. The third-order valence-corrected chi connectivity index (χ3v) is 4.74. The van der Waals surface area contributed by atoms with E-state index in [9.17, 15) is 9.59 Å². The second-order valence-electron chi connectivity index (χ2n) is 6.73. The molecule has 1 aliphatic rings. The van der Waals surface area contributed by atoms with Gasteiger partial charge in [0.05, 0.1) is 13.1 Å². The average molecular weight is 332 g/mol. The highest BCUT2D eigenvalue weighted by Gasteiger charge is 2.22. The predicted molar refractivity (Wildman–Crippen MR) is 96.3 cm³/mol. The number of rotatable bonds is 6. The number of carbonyl (C=O) groups excluding carboxylic acids is 2. The quantitative estimate of drug-likeness (QED) is 0.828. The molecule has 1 aromatic rings. The molecule has 2 amide bonds. The third kappa shape index (κ3) is 5.06. The fourth-order valence-electron chi connectivity index (χ4n) is 3.38. The van der Waals surface area contributed by atoms with Crippen LogP contribution in [-0.2, 0) is 4.79 Å². The molecule has 0 aliphatic carbocycles. The number of likely N-dealkylation sites (tertiary alicyclic amines) is 1. The zero-order valence-corrected chi connectivity index (χ0v) is 15.1. The van der Waals surface area contributed by atoms with Gasteiger partial charge < -0.3 is 15.1 Å². The molecule has 1 heterocycles. The van der Waals surface area contributed by atoms with Crippen molar-refractivity contribution in [3.8, 4) is 0 Å². The molecular weight excluding hydrogens is 302 g/mol. The van der Waals surface area contributed by atoms with Crippen LogP contribution in [-0.4, -0.2) is 49.4 Å². The van der Waals surface area contributed by atoms with E-state index in [1.54, 1.807) is 17.0 Å². The zero-order valence-electron chi connectivity index (χ0n) is 15.1. The van der Waals surface area contributed by atoms with Crippen molar-refractivity contribution < 1.29 is 14.5 Å². The van der Waals surface area contributed by atoms with Gasteiger partial charge in [0, 0.05) is 30.3 Å². The van der Waals surface area contributed by atoms with Crippen molar-refractivity contribution in [3.63, 3.8) is 0 Å². The van der Waals surface area contributed by atoms with Crippen LogP contribution in [0.1, 0.15) is 44.0 Å². The molecule has 5 heteroatoms. The van der Waals surface area contributed by atoms with Gasteiger partial charge in [-0.15, -0.1) is 0 Å². The third-order valence-electron chi connectivity index (χ3n) is 4.74. The van der Waals surface area contributed by atoms with E-state index < -0.39 is 0 Å². The maximum atomic E-state index is 12.3. The normalized spacial score (nSPS) is 20.5. The lowest BCUT2D eigenvalue weighted by Crippen LogP contribution is -3.14. The van der Waals surface area contributed by atoms with Crippen LogP contribution in [0.3, 0.4) is 0 Å². The molecule has 0 bridgehead atoms. The van der Waals surface area contributed by atoms with E-state index in [4.69, 9.17) is 0 Å². The number of hydrogen-bond donors (Lipinski definition) is 2. The first-order chi connectivity index (χ1) is 11.5. The molecule has 1 aliphatic heterocycles. The molecule has 0 saturated carbocycles. The van der Waals surface area contributed by atoms with Crippen molar-refractivity contribution in [2.24, 2.45) is 5.92 Å². The summed E-state index contributed by atoms with van der Waals surface area (Å²) in [5, 5.41) is 2.94. The van der Waals surface area contributed by atoms with E-state index >= 15 is 0 Å². The number of amides is 2. The maximum absolute atomic E-state index is 12.3. The Kier molecular flexibility index (Phi) is 6.79.